The number of carbonyl (C=O) groups is 1. The monoisotopic (exact) mass is 361 g/mol. The molecule has 0 heterocycles. The van der Waals surface area contributed by atoms with Crippen molar-refractivity contribution in [2.75, 3.05) is 11.9 Å². The molecular weight excluding hydrogens is 342 g/mol. The van der Waals surface area contributed by atoms with Gasteiger partial charge in [0.25, 0.3) is 5.91 Å². The van der Waals surface area contributed by atoms with Crippen LogP contribution in [0.15, 0.2) is 53.0 Å². The van der Waals surface area contributed by atoms with E-state index in [1.807, 2.05) is 36.4 Å². The van der Waals surface area contributed by atoms with Gasteiger partial charge < -0.3 is 10.1 Å². The van der Waals surface area contributed by atoms with E-state index in [9.17, 15) is 4.79 Å². The summed E-state index contributed by atoms with van der Waals surface area (Å²) in [5.41, 5.74) is 1.36. The first kappa shape index (κ1) is 16.6. The second-order valence-electron chi connectivity index (χ2n) is 5.01. The molecule has 1 amide bonds. The first-order valence-electron chi connectivity index (χ1n) is 7.49. The smallest absolute Gasteiger partial charge is 0.255 e. The molecule has 0 fully saturated rings. The van der Waals surface area contributed by atoms with Gasteiger partial charge in [0.05, 0.1) is 12.3 Å². The van der Waals surface area contributed by atoms with Crippen molar-refractivity contribution >= 4 is 27.5 Å². The van der Waals surface area contributed by atoms with Gasteiger partial charge in [0.2, 0.25) is 0 Å². The fourth-order valence-corrected chi connectivity index (χ4v) is 2.39. The molecule has 3 nitrogen and oxygen atoms in total. The topological polar surface area (TPSA) is 38.3 Å². The third-order valence-electron chi connectivity index (χ3n) is 3.26. The quantitative estimate of drug-likeness (QED) is 0.682. The Balaban J connectivity index is 1.92. The number of rotatable bonds is 7. The maximum Gasteiger partial charge on any atom is 0.255 e. The third kappa shape index (κ3) is 4.88. The number of anilines is 1. The third-order valence-corrected chi connectivity index (χ3v) is 3.95. The SMILES string of the molecule is CCCCCOc1ccc(C(=O)Nc2ccccc2Br)cc1. The zero-order valence-electron chi connectivity index (χ0n) is 12.6. The first-order valence-corrected chi connectivity index (χ1v) is 8.28. The summed E-state index contributed by atoms with van der Waals surface area (Å²) in [6, 6.07) is 14.8. The predicted octanol–water partition coefficient (Wildman–Crippen LogP) is 5.27. The molecule has 1 N–H and O–H groups in total. The summed E-state index contributed by atoms with van der Waals surface area (Å²) in [5, 5.41) is 2.88. The van der Waals surface area contributed by atoms with E-state index in [2.05, 4.69) is 28.2 Å². The van der Waals surface area contributed by atoms with Gasteiger partial charge >= 0.3 is 0 Å². The highest BCUT2D eigenvalue weighted by molar-refractivity contribution is 9.10. The highest BCUT2D eigenvalue weighted by Gasteiger charge is 2.08. The van der Waals surface area contributed by atoms with Crippen molar-refractivity contribution in [1.82, 2.24) is 0 Å². The molecular formula is C18H20BrNO2. The van der Waals surface area contributed by atoms with Crippen molar-refractivity contribution < 1.29 is 9.53 Å². The Morgan fingerprint density at radius 3 is 2.50 bits per heavy atom. The van der Waals surface area contributed by atoms with Gasteiger partial charge in [-0.3, -0.25) is 4.79 Å². The standard InChI is InChI=1S/C18H20BrNO2/c1-2-3-6-13-22-15-11-9-14(10-12-15)18(21)20-17-8-5-4-7-16(17)19/h4-5,7-12H,2-3,6,13H2,1H3,(H,20,21). The van der Waals surface area contributed by atoms with Gasteiger partial charge in [-0.05, 0) is 58.7 Å². The fraction of sp³-hybridized carbons (Fsp3) is 0.278. The Hall–Kier alpha value is -1.81. The summed E-state index contributed by atoms with van der Waals surface area (Å²) < 4.78 is 6.50. The van der Waals surface area contributed by atoms with Gasteiger partial charge in [-0.15, -0.1) is 0 Å². The Kier molecular flexibility index (Phi) is 6.46. The predicted molar refractivity (Wildman–Crippen MR) is 93.6 cm³/mol. The minimum atomic E-state index is -0.135. The van der Waals surface area contributed by atoms with Crippen molar-refractivity contribution in [1.29, 1.82) is 0 Å². The summed E-state index contributed by atoms with van der Waals surface area (Å²) >= 11 is 3.42. The van der Waals surface area contributed by atoms with Gasteiger partial charge in [-0.2, -0.15) is 0 Å². The van der Waals surface area contributed by atoms with E-state index in [0.29, 0.717) is 5.56 Å². The molecule has 0 aliphatic carbocycles. The average Bonchev–Trinajstić information content (AvgIpc) is 2.54. The lowest BCUT2D eigenvalue weighted by Crippen LogP contribution is -2.12. The van der Waals surface area contributed by atoms with Crippen molar-refractivity contribution in [2.24, 2.45) is 0 Å². The number of ether oxygens (including phenoxy) is 1. The number of amides is 1. The summed E-state index contributed by atoms with van der Waals surface area (Å²) in [6.07, 6.45) is 3.41. The number of hydrogen-bond acceptors (Lipinski definition) is 2. The molecule has 0 unspecified atom stereocenters. The maximum absolute atomic E-state index is 12.2. The average molecular weight is 362 g/mol. The van der Waals surface area contributed by atoms with Crippen LogP contribution in [0.4, 0.5) is 5.69 Å². The van der Waals surface area contributed by atoms with Crippen LogP contribution in [0.2, 0.25) is 0 Å². The van der Waals surface area contributed by atoms with Gasteiger partial charge in [-0.1, -0.05) is 31.9 Å². The molecule has 116 valence electrons. The van der Waals surface area contributed by atoms with E-state index in [4.69, 9.17) is 4.74 Å². The van der Waals surface area contributed by atoms with Gasteiger partial charge in [0.15, 0.2) is 0 Å². The zero-order valence-corrected chi connectivity index (χ0v) is 14.2. The molecule has 0 saturated carbocycles. The van der Waals surface area contributed by atoms with Crippen LogP contribution in [-0.2, 0) is 0 Å². The summed E-state index contributed by atoms with van der Waals surface area (Å²) in [5.74, 6) is 0.665. The van der Waals surface area contributed by atoms with Crippen molar-refractivity contribution in [2.45, 2.75) is 26.2 Å². The Morgan fingerprint density at radius 2 is 1.82 bits per heavy atom. The van der Waals surface area contributed by atoms with Gasteiger partial charge in [-0.25, -0.2) is 0 Å². The molecule has 0 spiro atoms. The van der Waals surface area contributed by atoms with E-state index in [-0.39, 0.29) is 5.91 Å². The second-order valence-corrected chi connectivity index (χ2v) is 5.87. The van der Waals surface area contributed by atoms with E-state index in [1.54, 1.807) is 12.1 Å². The minimum absolute atomic E-state index is 0.135. The molecule has 0 bridgehead atoms. The number of hydrogen-bond donors (Lipinski definition) is 1. The second kappa shape index (κ2) is 8.59. The molecule has 22 heavy (non-hydrogen) atoms. The van der Waals surface area contributed by atoms with Crippen LogP contribution in [-0.4, -0.2) is 12.5 Å². The highest BCUT2D eigenvalue weighted by Crippen LogP contribution is 2.22. The Labute approximate surface area is 139 Å². The normalized spacial score (nSPS) is 10.3. The van der Waals surface area contributed by atoms with Crippen molar-refractivity contribution in [3.63, 3.8) is 0 Å². The van der Waals surface area contributed by atoms with Crippen LogP contribution < -0.4 is 10.1 Å². The molecule has 2 aromatic carbocycles. The lowest BCUT2D eigenvalue weighted by atomic mass is 10.2. The van der Waals surface area contributed by atoms with E-state index < -0.39 is 0 Å². The summed E-state index contributed by atoms with van der Waals surface area (Å²) in [6.45, 7) is 2.88. The lowest BCUT2D eigenvalue weighted by molar-refractivity contribution is 0.102. The van der Waals surface area contributed by atoms with Gasteiger partial charge in [0, 0.05) is 10.0 Å². The lowest BCUT2D eigenvalue weighted by Gasteiger charge is -2.09. The number of halogens is 1. The van der Waals surface area contributed by atoms with Crippen LogP contribution in [0.3, 0.4) is 0 Å². The Morgan fingerprint density at radius 1 is 1.09 bits per heavy atom. The van der Waals surface area contributed by atoms with E-state index >= 15 is 0 Å². The van der Waals surface area contributed by atoms with Crippen LogP contribution in [0.5, 0.6) is 5.75 Å². The van der Waals surface area contributed by atoms with Crippen molar-refractivity contribution in [3.8, 4) is 5.75 Å². The van der Waals surface area contributed by atoms with E-state index in [0.717, 1.165) is 28.9 Å². The molecule has 0 saturated heterocycles. The molecule has 0 aliphatic rings. The maximum atomic E-state index is 12.2. The molecule has 0 radical (unpaired) electrons. The van der Waals surface area contributed by atoms with Crippen LogP contribution in [0.25, 0.3) is 0 Å². The van der Waals surface area contributed by atoms with E-state index in [1.165, 1.54) is 12.8 Å². The highest BCUT2D eigenvalue weighted by atomic mass is 79.9. The number of nitrogens with one attached hydrogen (secondary N) is 1. The number of para-hydroxylation sites is 1. The minimum Gasteiger partial charge on any atom is -0.494 e. The first-order chi connectivity index (χ1) is 10.7. The molecule has 2 rings (SSSR count). The largest absolute Gasteiger partial charge is 0.494 e. The Bertz CT molecular complexity index is 611. The molecule has 0 aliphatic heterocycles. The summed E-state index contributed by atoms with van der Waals surface area (Å²) in [7, 11) is 0. The number of benzene rings is 2. The van der Waals surface area contributed by atoms with Crippen LogP contribution in [0, 0.1) is 0 Å². The van der Waals surface area contributed by atoms with Crippen LogP contribution >= 0.6 is 15.9 Å². The van der Waals surface area contributed by atoms with Crippen molar-refractivity contribution in [3.05, 3.63) is 58.6 Å². The number of carbonyl (C=O) groups excluding carboxylic acids is 1. The van der Waals surface area contributed by atoms with Crippen LogP contribution in [0.1, 0.15) is 36.5 Å². The summed E-state index contributed by atoms with van der Waals surface area (Å²) in [4.78, 5) is 12.2. The molecule has 2 aromatic rings. The molecule has 4 heteroatoms. The zero-order chi connectivity index (χ0) is 15.8. The van der Waals surface area contributed by atoms with Gasteiger partial charge in [0.1, 0.15) is 5.75 Å². The molecule has 0 aromatic heterocycles. The number of unbranched alkanes of at least 4 members (excludes halogenated alkanes) is 2. The fourth-order valence-electron chi connectivity index (χ4n) is 2.00. The molecule has 0 atom stereocenters.